The smallest absolute Gasteiger partial charge is 0.187 e. The van der Waals surface area contributed by atoms with Crippen LogP contribution in [0.5, 0.6) is 0 Å². The fourth-order valence-electron chi connectivity index (χ4n) is 4.22. The van der Waals surface area contributed by atoms with Crippen LogP contribution >= 0.6 is 0 Å². The molecule has 6 N–H and O–H groups in total. The van der Waals surface area contributed by atoms with Crippen LogP contribution in [0.4, 0.5) is 0 Å². The fraction of sp³-hybridized carbons (Fsp3) is 0.895. The van der Waals surface area contributed by atoms with Crippen LogP contribution in [0.25, 0.3) is 0 Å². The van der Waals surface area contributed by atoms with Crippen LogP contribution in [0.1, 0.15) is 34.1 Å². The average Bonchev–Trinajstić information content (AvgIpc) is 2.59. The highest BCUT2D eigenvalue weighted by atomic mass is 16.7. The summed E-state index contributed by atoms with van der Waals surface area (Å²) in [7, 11) is 0. The van der Waals surface area contributed by atoms with Crippen molar-refractivity contribution in [2.75, 3.05) is 6.61 Å². The van der Waals surface area contributed by atoms with E-state index in [4.69, 9.17) is 9.47 Å². The van der Waals surface area contributed by atoms with Gasteiger partial charge in [0.05, 0.1) is 24.9 Å². The molecule has 0 amide bonds. The lowest BCUT2D eigenvalue weighted by molar-refractivity contribution is -0.306. The van der Waals surface area contributed by atoms with Gasteiger partial charge in [-0.3, -0.25) is 0 Å². The summed E-state index contributed by atoms with van der Waals surface area (Å²) in [5.74, 6) is -0.129. The van der Waals surface area contributed by atoms with E-state index in [1.54, 1.807) is 13.0 Å². The van der Waals surface area contributed by atoms with Gasteiger partial charge in [0, 0.05) is 0 Å². The van der Waals surface area contributed by atoms with E-state index in [2.05, 4.69) is 0 Å². The van der Waals surface area contributed by atoms with Gasteiger partial charge in [-0.15, -0.1) is 0 Å². The maximum absolute atomic E-state index is 10.2. The number of hydrogen-bond donors (Lipinski definition) is 6. The van der Waals surface area contributed by atoms with Crippen molar-refractivity contribution in [3.05, 3.63) is 12.2 Å². The summed E-state index contributed by atoms with van der Waals surface area (Å²) in [6, 6.07) is 0. The van der Waals surface area contributed by atoms with Gasteiger partial charge in [0.25, 0.3) is 0 Å². The second-order valence-electron chi connectivity index (χ2n) is 8.56. The molecular formula is C19H34O8. The van der Waals surface area contributed by atoms with Crippen LogP contribution in [-0.2, 0) is 9.47 Å². The Kier molecular flexibility index (Phi) is 7.43. The van der Waals surface area contributed by atoms with Crippen LogP contribution in [0.15, 0.2) is 12.2 Å². The first-order valence-corrected chi connectivity index (χ1v) is 9.50. The first-order chi connectivity index (χ1) is 12.5. The van der Waals surface area contributed by atoms with Crippen LogP contribution in [-0.4, -0.2) is 86.3 Å². The normalized spacial score (nSPS) is 46.5. The minimum Gasteiger partial charge on any atom is -0.394 e. The molecule has 0 aromatic heterocycles. The molecule has 2 rings (SSSR count). The third-order valence-electron chi connectivity index (χ3n) is 5.92. The molecule has 0 aromatic carbocycles. The van der Waals surface area contributed by atoms with Crippen molar-refractivity contribution >= 4 is 0 Å². The zero-order valence-corrected chi connectivity index (χ0v) is 16.3. The molecule has 158 valence electrons. The molecule has 27 heavy (non-hydrogen) atoms. The topological polar surface area (TPSA) is 140 Å². The Morgan fingerprint density at radius 2 is 1.70 bits per heavy atom. The van der Waals surface area contributed by atoms with Crippen LogP contribution in [0.3, 0.4) is 0 Å². The Bertz CT molecular complexity index is 508. The van der Waals surface area contributed by atoms with Crippen molar-refractivity contribution in [2.45, 2.75) is 83.1 Å². The monoisotopic (exact) mass is 390 g/mol. The lowest BCUT2D eigenvalue weighted by Crippen LogP contribution is -2.59. The van der Waals surface area contributed by atoms with E-state index >= 15 is 0 Å². The van der Waals surface area contributed by atoms with Crippen LogP contribution < -0.4 is 0 Å². The molecule has 8 heteroatoms. The molecule has 0 bridgehead atoms. The summed E-state index contributed by atoms with van der Waals surface area (Å²) in [6.07, 6.45) is -4.38. The molecule has 1 saturated carbocycles. The SMILES string of the molecule is C[C@@H]1[C@@H](O)[C@H](O)CC(C)(C)[C@H]1/C=C/[C@@H](C)O[C@@H]1O[C@H](CO)[C@@H](O)[C@H](O)[C@H]1O. The molecule has 1 heterocycles. The third-order valence-corrected chi connectivity index (χ3v) is 5.92. The van der Waals surface area contributed by atoms with Crippen molar-refractivity contribution < 1.29 is 40.1 Å². The molecule has 0 aromatic rings. The summed E-state index contributed by atoms with van der Waals surface area (Å²) in [5, 5.41) is 59.1. The summed E-state index contributed by atoms with van der Waals surface area (Å²) in [5.41, 5.74) is -0.211. The number of rotatable bonds is 5. The molecule has 2 fully saturated rings. The van der Waals surface area contributed by atoms with Crippen LogP contribution in [0, 0.1) is 17.3 Å². The van der Waals surface area contributed by atoms with E-state index in [0.717, 1.165) is 0 Å². The van der Waals surface area contributed by atoms with E-state index in [9.17, 15) is 30.6 Å². The maximum Gasteiger partial charge on any atom is 0.187 e. The summed E-state index contributed by atoms with van der Waals surface area (Å²) in [4.78, 5) is 0. The van der Waals surface area contributed by atoms with Crippen molar-refractivity contribution in [3.63, 3.8) is 0 Å². The van der Waals surface area contributed by atoms with Gasteiger partial charge in [-0.1, -0.05) is 32.9 Å². The Labute approximate surface area is 160 Å². The van der Waals surface area contributed by atoms with E-state index < -0.39 is 55.6 Å². The summed E-state index contributed by atoms with van der Waals surface area (Å²) < 4.78 is 11.0. The highest BCUT2D eigenvalue weighted by Crippen LogP contribution is 2.45. The Balaban J connectivity index is 2.02. The molecular weight excluding hydrogens is 356 g/mol. The number of ether oxygens (including phenoxy) is 2. The summed E-state index contributed by atoms with van der Waals surface area (Å²) >= 11 is 0. The first kappa shape index (κ1) is 22.7. The van der Waals surface area contributed by atoms with E-state index in [1.807, 2.05) is 26.8 Å². The largest absolute Gasteiger partial charge is 0.394 e. The molecule has 0 spiro atoms. The Morgan fingerprint density at radius 3 is 2.30 bits per heavy atom. The van der Waals surface area contributed by atoms with Gasteiger partial charge in [0.2, 0.25) is 0 Å². The molecule has 1 aliphatic heterocycles. The van der Waals surface area contributed by atoms with Gasteiger partial charge in [0.15, 0.2) is 6.29 Å². The Morgan fingerprint density at radius 1 is 1.07 bits per heavy atom. The Hall–Kier alpha value is -0.580. The van der Waals surface area contributed by atoms with E-state index in [1.165, 1.54) is 0 Å². The lowest BCUT2D eigenvalue weighted by atomic mass is 9.62. The first-order valence-electron chi connectivity index (χ1n) is 9.50. The second-order valence-corrected chi connectivity index (χ2v) is 8.56. The minimum atomic E-state index is -1.48. The van der Waals surface area contributed by atoms with Crippen molar-refractivity contribution in [3.8, 4) is 0 Å². The van der Waals surface area contributed by atoms with Gasteiger partial charge in [-0.25, -0.2) is 0 Å². The number of aliphatic hydroxyl groups excluding tert-OH is 6. The molecule has 1 saturated heterocycles. The highest BCUT2D eigenvalue weighted by Gasteiger charge is 2.45. The quantitative estimate of drug-likeness (QED) is 0.334. The standard InChI is InChI=1S/C19H34O8/c1-9(26-18-17(25)16(24)15(23)13(8-20)27-18)5-6-11-10(2)14(22)12(21)7-19(11,3)4/h5-6,9-18,20-25H,7-8H2,1-4H3/b6-5+/t9-,10+,11+,12-,13-,14-,15-,16+,17-,18-/m1/s1. The third kappa shape index (κ3) is 4.89. The van der Waals surface area contributed by atoms with Crippen LogP contribution in [0.2, 0.25) is 0 Å². The highest BCUT2D eigenvalue weighted by molar-refractivity contribution is 5.06. The zero-order valence-electron chi connectivity index (χ0n) is 16.3. The van der Waals surface area contributed by atoms with Gasteiger partial charge in [0.1, 0.15) is 24.4 Å². The zero-order chi connectivity index (χ0) is 20.5. The van der Waals surface area contributed by atoms with Crippen molar-refractivity contribution in [2.24, 2.45) is 17.3 Å². The molecule has 10 atom stereocenters. The number of aliphatic hydroxyl groups is 6. The second kappa shape index (κ2) is 8.84. The predicted octanol–water partition coefficient (Wildman–Crippen LogP) is -0.848. The molecule has 8 nitrogen and oxygen atoms in total. The van der Waals surface area contributed by atoms with Crippen molar-refractivity contribution in [1.29, 1.82) is 0 Å². The lowest BCUT2D eigenvalue weighted by Gasteiger charge is -2.46. The molecule has 0 unspecified atom stereocenters. The van der Waals surface area contributed by atoms with Gasteiger partial charge in [-0.2, -0.15) is 0 Å². The van der Waals surface area contributed by atoms with Crippen molar-refractivity contribution in [1.82, 2.24) is 0 Å². The molecule has 0 radical (unpaired) electrons. The number of hydrogen-bond acceptors (Lipinski definition) is 8. The minimum absolute atomic E-state index is 0.0109. The molecule has 2 aliphatic rings. The number of allylic oxidation sites excluding steroid dienone is 1. The fourth-order valence-corrected chi connectivity index (χ4v) is 4.22. The average molecular weight is 390 g/mol. The predicted molar refractivity (Wildman–Crippen MR) is 96.5 cm³/mol. The van der Waals surface area contributed by atoms with Gasteiger partial charge < -0.3 is 40.1 Å². The maximum atomic E-state index is 10.2. The molecule has 1 aliphatic carbocycles. The van der Waals surface area contributed by atoms with E-state index in [0.29, 0.717) is 6.42 Å². The van der Waals surface area contributed by atoms with Gasteiger partial charge >= 0.3 is 0 Å². The van der Waals surface area contributed by atoms with Gasteiger partial charge in [-0.05, 0) is 30.6 Å². The summed E-state index contributed by atoms with van der Waals surface area (Å²) in [6.45, 7) is 7.20. The van der Waals surface area contributed by atoms with E-state index in [-0.39, 0.29) is 17.3 Å².